The Bertz CT molecular complexity index is 688. The first-order chi connectivity index (χ1) is 9.38. The van der Waals surface area contributed by atoms with Crippen LogP contribution >= 0.6 is 11.8 Å². The lowest BCUT2D eigenvalue weighted by Gasteiger charge is -2.07. The van der Waals surface area contributed by atoms with E-state index >= 15 is 0 Å². The molecular formula is C13H14N4O2S. The summed E-state index contributed by atoms with van der Waals surface area (Å²) in [5, 5.41) is 11.4. The van der Waals surface area contributed by atoms with E-state index in [1.165, 1.54) is 17.3 Å². The van der Waals surface area contributed by atoms with Crippen molar-refractivity contribution < 1.29 is 4.92 Å². The Morgan fingerprint density at radius 1 is 1.20 bits per heavy atom. The molecule has 0 unspecified atom stereocenters. The average molecular weight is 290 g/mol. The smallest absolute Gasteiger partial charge is 0.322 e. The van der Waals surface area contributed by atoms with Gasteiger partial charge in [0, 0.05) is 4.90 Å². The first-order valence-electron chi connectivity index (χ1n) is 5.92. The standard InChI is InChI=1S/C13H14N4O2S/c1-7-4-5-10(6-8(7)2)20-12-11(17(18)19)9(3)15-13(14)16-12/h4-6H,1-3H3,(H2,14,15,16). The third-order valence-electron chi connectivity index (χ3n) is 2.92. The van der Waals surface area contributed by atoms with Crippen LogP contribution < -0.4 is 5.73 Å². The Balaban J connectivity index is 2.47. The molecule has 0 aliphatic heterocycles. The van der Waals surface area contributed by atoms with Crippen molar-refractivity contribution in [2.45, 2.75) is 30.7 Å². The van der Waals surface area contributed by atoms with E-state index in [0.717, 1.165) is 10.5 Å². The van der Waals surface area contributed by atoms with E-state index in [9.17, 15) is 10.1 Å². The van der Waals surface area contributed by atoms with E-state index < -0.39 is 4.92 Å². The summed E-state index contributed by atoms with van der Waals surface area (Å²) >= 11 is 1.22. The molecule has 0 saturated heterocycles. The largest absolute Gasteiger partial charge is 0.368 e. The Hall–Kier alpha value is -2.15. The van der Waals surface area contributed by atoms with Gasteiger partial charge in [0.05, 0.1) is 4.92 Å². The van der Waals surface area contributed by atoms with Crippen LogP contribution in [0.2, 0.25) is 0 Å². The molecule has 0 aliphatic rings. The van der Waals surface area contributed by atoms with Gasteiger partial charge in [0.2, 0.25) is 5.95 Å². The van der Waals surface area contributed by atoms with Crippen LogP contribution in [0, 0.1) is 30.9 Å². The van der Waals surface area contributed by atoms with E-state index in [1.807, 2.05) is 32.0 Å². The molecule has 2 aromatic rings. The highest BCUT2D eigenvalue weighted by Crippen LogP contribution is 2.35. The average Bonchev–Trinajstić information content (AvgIpc) is 2.32. The lowest BCUT2D eigenvalue weighted by atomic mass is 10.1. The van der Waals surface area contributed by atoms with Crippen LogP contribution in [0.1, 0.15) is 16.8 Å². The van der Waals surface area contributed by atoms with Crippen LogP contribution in [0.3, 0.4) is 0 Å². The third kappa shape index (κ3) is 2.88. The number of aryl methyl sites for hydroxylation is 3. The van der Waals surface area contributed by atoms with E-state index in [0.29, 0.717) is 0 Å². The van der Waals surface area contributed by atoms with E-state index in [4.69, 9.17) is 5.73 Å². The topological polar surface area (TPSA) is 94.9 Å². The molecule has 0 fully saturated rings. The van der Waals surface area contributed by atoms with Gasteiger partial charge in [0.15, 0.2) is 5.03 Å². The van der Waals surface area contributed by atoms with Gasteiger partial charge in [0.1, 0.15) is 5.69 Å². The molecule has 1 heterocycles. The molecule has 0 amide bonds. The zero-order valence-corrected chi connectivity index (χ0v) is 12.2. The zero-order chi connectivity index (χ0) is 14.9. The molecule has 7 heteroatoms. The number of aromatic nitrogens is 2. The van der Waals surface area contributed by atoms with Crippen molar-refractivity contribution in [3.05, 3.63) is 45.1 Å². The maximum absolute atomic E-state index is 11.1. The summed E-state index contributed by atoms with van der Waals surface area (Å²) in [5.41, 5.74) is 8.05. The molecule has 0 spiro atoms. The van der Waals surface area contributed by atoms with Crippen molar-refractivity contribution in [3.63, 3.8) is 0 Å². The Kier molecular flexibility index (Phi) is 3.89. The number of nitrogen functional groups attached to an aromatic ring is 1. The molecule has 20 heavy (non-hydrogen) atoms. The van der Waals surface area contributed by atoms with Gasteiger partial charge in [-0.05, 0) is 44.0 Å². The molecular weight excluding hydrogens is 276 g/mol. The highest BCUT2D eigenvalue weighted by Gasteiger charge is 2.22. The lowest BCUT2D eigenvalue weighted by Crippen LogP contribution is -2.04. The zero-order valence-electron chi connectivity index (χ0n) is 11.4. The first kappa shape index (κ1) is 14.3. The number of nitrogens with zero attached hydrogens (tertiary/aromatic N) is 3. The monoisotopic (exact) mass is 290 g/mol. The van der Waals surface area contributed by atoms with Gasteiger partial charge in [-0.2, -0.15) is 4.98 Å². The number of benzene rings is 1. The number of nitrogens with two attached hydrogens (primary N) is 1. The third-order valence-corrected chi connectivity index (χ3v) is 3.89. The second-order valence-electron chi connectivity index (χ2n) is 4.43. The molecule has 0 bridgehead atoms. The van der Waals surface area contributed by atoms with E-state index in [2.05, 4.69) is 9.97 Å². The number of rotatable bonds is 3. The summed E-state index contributed by atoms with van der Waals surface area (Å²) < 4.78 is 0. The fraction of sp³-hybridized carbons (Fsp3) is 0.231. The fourth-order valence-electron chi connectivity index (χ4n) is 1.73. The second kappa shape index (κ2) is 5.46. The Morgan fingerprint density at radius 3 is 2.50 bits per heavy atom. The maximum Gasteiger partial charge on any atom is 0.322 e. The van der Waals surface area contributed by atoms with Crippen molar-refractivity contribution in [1.29, 1.82) is 0 Å². The van der Waals surface area contributed by atoms with Gasteiger partial charge in [0.25, 0.3) is 0 Å². The molecule has 0 saturated carbocycles. The molecule has 104 valence electrons. The van der Waals surface area contributed by atoms with Crippen LogP contribution in [0.15, 0.2) is 28.1 Å². The molecule has 0 aliphatic carbocycles. The van der Waals surface area contributed by atoms with Crippen molar-refractivity contribution in [2.75, 3.05) is 5.73 Å². The minimum Gasteiger partial charge on any atom is -0.368 e. The highest BCUT2D eigenvalue weighted by atomic mass is 32.2. The normalized spacial score (nSPS) is 10.6. The van der Waals surface area contributed by atoms with Gasteiger partial charge in [-0.3, -0.25) is 10.1 Å². The van der Waals surface area contributed by atoms with Crippen molar-refractivity contribution in [3.8, 4) is 0 Å². The van der Waals surface area contributed by atoms with Crippen molar-refractivity contribution >= 4 is 23.4 Å². The van der Waals surface area contributed by atoms with Gasteiger partial charge >= 0.3 is 5.69 Å². The highest BCUT2D eigenvalue weighted by molar-refractivity contribution is 7.99. The molecule has 6 nitrogen and oxygen atoms in total. The summed E-state index contributed by atoms with van der Waals surface area (Å²) in [5.74, 6) is 0.0411. The molecule has 0 atom stereocenters. The molecule has 0 radical (unpaired) electrons. The summed E-state index contributed by atoms with van der Waals surface area (Å²) in [7, 11) is 0. The van der Waals surface area contributed by atoms with Crippen LogP contribution in [-0.4, -0.2) is 14.9 Å². The minimum atomic E-state index is -0.474. The van der Waals surface area contributed by atoms with Gasteiger partial charge in [-0.25, -0.2) is 4.98 Å². The van der Waals surface area contributed by atoms with Crippen molar-refractivity contribution in [2.24, 2.45) is 0 Å². The van der Waals surface area contributed by atoms with Gasteiger partial charge in [-0.15, -0.1) is 0 Å². The van der Waals surface area contributed by atoms with Crippen LogP contribution in [0.25, 0.3) is 0 Å². The fourth-order valence-corrected chi connectivity index (χ4v) is 2.79. The summed E-state index contributed by atoms with van der Waals surface area (Å²) in [4.78, 5) is 19.4. The number of anilines is 1. The van der Waals surface area contributed by atoms with Crippen LogP contribution in [0.4, 0.5) is 11.6 Å². The second-order valence-corrected chi connectivity index (χ2v) is 5.49. The van der Waals surface area contributed by atoms with Gasteiger partial charge < -0.3 is 5.73 Å². The number of hydrogen-bond donors (Lipinski definition) is 1. The predicted molar refractivity (Wildman–Crippen MR) is 77.9 cm³/mol. The summed E-state index contributed by atoms with van der Waals surface area (Å²) in [6.45, 7) is 5.56. The minimum absolute atomic E-state index is 0.0411. The number of nitro groups is 1. The maximum atomic E-state index is 11.1. The molecule has 1 aromatic heterocycles. The van der Waals surface area contributed by atoms with Crippen LogP contribution in [-0.2, 0) is 0 Å². The first-order valence-corrected chi connectivity index (χ1v) is 6.73. The summed E-state index contributed by atoms with van der Waals surface area (Å²) in [6.07, 6.45) is 0. The molecule has 1 aromatic carbocycles. The van der Waals surface area contributed by atoms with E-state index in [1.54, 1.807) is 6.92 Å². The van der Waals surface area contributed by atoms with Gasteiger partial charge in [-0.1, -0.05) is 17.8 Å². The van der Waals surface area contributed by atoms with E-state index in [-0.39, 0.29) is 22.4 Å². The Morgan fingerprint density at radius 2 is 1.90 bits per heavy atom. The summed E-state index contributed by atoms with van der Waals surface area (Å²) in [6, 6.07) is 5.85. The van der Waals surface area contributed by atoms with Crippen molar-refractivity contribution in [1.82, 2.24) is 9.97 Å². The molecule has 2 rings (SSSR count). The number of hydrogen-bond acceptors (Lipinski definition) is 6. The van der Waals surface area contributed by atoms with Crippen LogP contribution in [0.5, 0.6) is 0 Å². The predicted octanol–water partition coefficient (Wildman–Crippen LogP) is 3.04. The quantitative estimate of drug-likeness (QED) is 0.530. The lowest BCUT2D eigenvalue weighted by molar-refractivity contribution is -0.389. The SMILES string of the molecule is Cc1ccc(Sc2nc(N)nc(C)c2[N+](=O)[O-])cc1C. The molecule has 2 N–H and O–H groups in total. The Labute approximate surface area is 120 Å².